The van der Waals surface area contributed by atoms with Gasteiger partial charge in [-0.3, -0.25) is 4.98 Å². The molecule has 2 aromatic heterocycles. The van der Waals surface area contributed by atoms with Crippen molar-refractivity contribution in [3.63, 3.8) is 0 Å². The number of benzene rings is 1. The molecular weight excluding hydrogens is 430 g/mol. The molecule has 2 aliphatic rings. The van der Waals surface area contributed by atoms with E-state index < -0.39 is 10.0 Å². The van der Waals surface area contributed by atoms with Crippen molar-refractivity contribution in [2.24, 2.45) is 0 Å². The maximum atomic E-state index is 11.9. The molecule has 0 N–H and O–H groups in total. The van der Waals surface area contributed by atoms with Crippen LogP contribution in [0.2, 0.25) is 0 Å². The molecule has 32 heavy (non-hydrogen) atoms. The Balaban J connectivity index is 1.43. The fourth-order valence-corrected chi connectivity index (χ4v) is 5.03. The van der Waals surface area contributed by atoms with Gasteiger partial charge in [0.2, 0.25) is 15.9 Å². The maximum absolute atomic E-state index is 11.9. The summed E-state index contributed by atoms with van der Waals surface area (Å²) in [6, 6.07) is 8.26. The van der Waals surface area contributed by atoms with Gasteiger partial charge in [-0.25, -0.2) is 18.4 Å². The summed E-state index contributed by atoms with van der Waals surface area (Å²) >= 11 is 0. The predicted octanol–water partition coefficient (Wildman–Crippen LogP) is 1.72. The number of rotatable bonds is 5. The van der Waals surface area contributed by atoms with Crippen LogP contribution in [-0.4, -0.2) is 79.9 Å². The highest BCUT2D eigenvalue weighted by molar-refractivity contribution is 7.88. The number of likely N-dealkylation sites (N-methyl/N-ethyl adjacent to an activating group) is 1. The third-order valence-corrected chi connectivity index (χ3v) is 7.17. The van der Waals surface area contributed by atoms with E-state index in [1.165, 1.54) is 21.8 Å². The predicted molar refractivity (Wildman–Crippen MR) is 121 cm³/mol. The number of fused-ring (bicyclic) bond motifs is 2. The molecule has 1 aromatic carbocycles. The number of pyridine rings is 1. The minimum Gasteiger partial charge on any atom is -0.473 e. The molecule has 168 valence electrons. The summed E-state index contributed by atoms with van der Waals surface area (Å²) < 4.78 is 36.9. The van der Waals surface area contributed by atoms with Crippen LogP contribution in [0, 0.1) is 0 Å². The molecule has 5 rings (SSSR count). The third kappa shape index (κ3) is 4.13. The van der Waals surface area contributed by atoms with Crippen LogP contribution < -0.4 is 9.64 Å². The van der Waals surface area contributed by atoms with Crippen molar-refractivity contribution in [2.45, 2.75) is 12.5 Å². The van der Waals surface area contributed by atoms with E-state index in [0.29, 0.717) is 30.1 Å². The zero-order valence-corrected chi connectivity index (χ0v) is 18.9. The molecule has 2 aliphatic heterocycles. The van der Waals surface area contributed by atoms with Crippen LogP contribution in [0.25, 0.3) is 22.3 Å². The number of sulfonamides is 1. The van der Waals surface area contributed by atoms with E-state index in [9.17, 15) is 8.42 Å². The topological polar surface area (TPSA) is 97.8 Å². The summed E-state index contributed by atoms with van der Waals surface area (Å²) in [6.07, 6.45) is 5.07. The smallest absolute Gasteiger partial charge is 0.242 e. The van der Waals surface area contributed by atoms with Crippen molar-refractivity contribution in [1.29, 1.82) is 0 Å². The Morgan fingerprint density at radius 1 is 1.19 bits per heavy atom. The van der Waals surface area contributed by atoms with E-state index in [1.54, 1.807) is 12.4 Å². The molecule has 1 saturated heterocycles. The van der Waals surface area contributed by atoms with Crippen LogP contribution in [-0.2, 0) is 21.2 Å². The quantitative estimate of drug-likeness (QED) is 0.574. The lowest BCUT2D eigenvalue weighted by Gasteiger charge is -2.30. The van der Waals surface area contributed by atoms with Crippen molar-refractivity contribution >= 4 is 26.7 Å². The van der Waals surface area contributed by atoms with Crippen molar-refractivity contribution in [3.05, 3.63) is 42.2 Å². The molecule has 9 nitrogen and oxygen atoms in total. The van der Waals surface area contributed by atoms with E-state index in [-0.39, 0.29) is 19.3 Å². The lowest BCUT2D eigenvalue weighted by molar-refractivity contribution is -0.0252. The van der Waals surface area contributed by atoms with Crippen molar-refractivity contribution < 1.29 is 17.9 Å². The number of aromatic nitrogens is 3. The number of anilines is 1. The minimum absolute atomic E-state index is 0.170. The summed E-state index contributed by atoms with van der Waals surface area (Å²) in [7, 11) is -1.18. The lowest BCUT2D eigenvalue weighted by atomic mass is 10.1. The molecular formula is C22H25N5O4S. The van der Waals surface area contributed by atoms with Crippen LogP contribution in [0.3, 0.4) is 0 Å². The molecule has 1 fully saturated rings. The zero-order valence-electron chi connectivity index (χ0n) is 18.1. The van der Waals surface area contributed by atoms with Crippen LogP contribution in [0.15, 0.2) is 36.7 Å². The molecule has 0 spiro atoms. The maximum Gasteiger partial charge on any atom is 0.242 e. The summed E-state index contributed by atoms with van der Waals surface area (Å²) in [4.78, 5) is 15.8. The highest BCUT2D eigenvalue weighted by atomic mass is 32.2. The van der Waals surface area contributed by atoms with Gasteiger partial charge in [0, 0.05) is 50.3 Å². The van der Waals surface area contributed by atoms with Gasteiger partial charge in [0.15, 0.2) is 5.52 Å². The van der Waals surface area contributed by atoms with Crippen LogP contribution in [0.1, 0.15) is 5.56 Å². The van der Waals surface area contributed by atoms with Gasteiger partial charge in [0.25, 0.3) is 0 Å². The zero-order chi connectivity index (χ0) is 22.3. The minimum atomic E-state index is -3.27. The van der Waals surface area contributed by atoms with E-state index in [1.807, 2.05) is 6.07 Å². The molecule has 3 aromatic rings. The van der Waals surface area contributed by atoms with Gasteiger partial charge in [-0.05, 0) is 30.2 Å². The van der Waals surface area contributed by atoms with Gasteiger partial charge in [0.05, 0.1) is 24.1 Å². The molecule has 0 bridgehead atoms. The second-order valence-electron chi connectivity index (χ2n) is 8.18. The molecule has 0 saturated carbocycles. The number of hydrogen-bond acceptors (Lipinski definition) is 8. The first-order valence-electron chi connectivity index (χ1n) is 10.5. The summed E-state index contributed by atoms with van der Waals surface area (Å²) in [6.45, 7) is 2.11. The Bertz CT molecular complexity index is 1270. The van der Waals surface area contributed by atoms with Gasteiger partial charge < -0.3 is 14.4 Å². The van der Waals surface area contributed by atoms with Crippen molar-refractivity contribution in [2.75, 3.05) is 51.1 Å². The molecule has 0 aliphatic carbocycles. The molecule has 4 heterocycles. The number of ether oxygens (including phenoxy) is 2. The summed E-state index contributed by atoms with van der Waals surface area (Å²) in [5.74, 6) is 0.364. The van der Waals surface area contributed by atoms with Gasteiger partial charge in [-0.1, -0.05) is 6.07 Å². The molecule has 1 atom stereocenters. The van der Waals surface area contributed by atoms with Crippen molar-refractivity contribution in [3.8, 4) is 17.1 Å². The van der Waals surface area contributed by atoms with Crippen molar-refractivity contribution in [1.82, 2.24) is 19.3 Å². The van der Waals surface area contributed by atoms with E-state index >= 15 is 0 Å². The van der Waals surface area contributed by atoms with Crippen LogP contribution in [0.4, 0.5) is 5.69 Å². The van der Waals surface area contributed by atoms with Gasteiger partial charge in [-0.2, -0.15) is 4.31 Å². The monoisotopic (exact) mass is 455 g/mol. The van der Waals surface area contributed by atoms with Gasteiger partial charge in [-0.15, -0.1) is 0 Å². The van der Waals surface area contributed by atoms with E-state index in [0.717, 1.165) is 24.2 Å². The fourth-order valence-electron chi connectivity index (χ4n) is 4.18. The van der Waals surface area contributed by atoms with E-state index in [2.05, 4.69) is 40.1 Å². The SMILES string of the molecule is CN1CCc2cc(-c3cc4nccnc4c(OC[C@@H]4CN(S(C)(=O)=O)CCO4)n3)ccc21. The first-order valence-corrected chi connectivity index (χ1v) is 12.4. The van der Waals surface area contributed by atoms with Gasteiger partial charge >= 0.3 is 0 Å². The molecule has 0 unspecified atom stereocenters. The lowest BCUT2D eigenvalue weighted by Crippen LogP contribution is -2.47. The standard InChI is InChI=1S/C22H25N5O4S/c1-26-8-5-16-11-15(3-4-20(16)26)18-12-19-21(24-7-6-23-19)22(25-18)31-14-17-13-27(9-10-30-17)32(2,28)29/h3-4,6-7,11-12,17H,5,8-10,13-14H2,1-2H3/t17-/m0/s1. The fraction of sp³-hybridized carbons (Fsp3) is 0.409. The average Bonchev–Trinajstić information content (AvgIpc) is 3.17. The Kier molecular flexibility index (Phi) is 5.44. The first-order chi connectivity index (χ1) is 15.4. The summed E-state index contributed by atoms with van der Waals surface area (Å²) in [5.41, 5.74) is 5.54. The average molecular weight is 456 g/mol. The molecule has 10 heteroatoms. The Morgan fingerprint density at radius 3 is 2.88 bits per heavy atom. The highest BCUT2D eigenvalue weighted by Gasteiger charge is 2.27. The summed E-state index contributed by atoms with van der Waals surface area (Å²) in [5, 5.41) is 0. The second-order valence-corrected chi connectivity index (χ2v) is 10.2. The number of nitrogens with zero attached hydrogens (tertiary/aromatic N) is 5. The number of hydrogen-bond donors (Lipinski definition) is 0. The molecule has 0 amide bonds. The second kappa shape index (κ2) is 8.27. The normalized spacial score (nSPS) is 19.3. The third-order valence-electron chi connectivity index (χ3n) is 5.90. The molecule has 0 radical (unpaired) electrons. The van der Waals surface area contributed by atoms with Crippen LogP contribution in [0.5, 0.6) is 5.88 Å². The number of morpholine rings is 1. The Hall–Kier alpha value is -2.82. The van der Waals surface area contributed by atoms with Gasteiger partial charge in [0.1, 0.15) is 12.7 Å². The highest BCUT2D eigenvalue weighted by Crippen LogP contribution is 2.33. The Labute approximate surface area is 187 Å². The van der Waals surface area contributed by atoms with E-state index in [4.69, 9.17) is 14.5 Å². The largest absolute Gasteiger partial charge is 0.473 e. The van der Waals surface area contributed by atoms with Crippen LogP contribution >= 0.6 is 0 Å². The first kappa shape index (κ1) is 21.0. The Morgan fingerprint density at radius 2 is 2.03 bits per heavy atom.